The Morgan fingerprint density at radius 2 is 2.21 bits per heavy atom. The number of hydrogen-bond acceptors (Lipinski definition) is 2. The van der Waals surface area contributed by atoms with Crippen LogP contribution in [0.15, 0.2) is 29.8 Å². The van der Waals surface area contributed by atoms with Crippen molar-refractivity contribution >= 4 is 23.0 Å². The third-order valence-corrected chi connectivity index (χ3v) is 2.05. The van der Waals surface area contributed by atoms with E-state index < -0.39 is 0 Å². The topological polar surface area (TPSA) is 38.0 Å². The van der Waals surface area contributed by atoms with Crippen molar-refractivity contribution in [2.75, 3.05) is 17.6 Å². The summed E-state index contributed by atoms with van der Waals surface area (Å²) in [6.07, 6.45) is 2.10. The molecule has 1 aromatic carbocycles. The van der Waals surface area contributed by atoms with Crippen molar-refractivity contribution in [3.05, 3.63) is 34.9 Å². The highest BCUT2D eigenvalue weighted by atomic mass is 35.5. The van der Waals surface area contributed by atoms with Gasteiger partial charge in [-0.15, -0.1) is 0 Å². The maximum atomic E-state index is 5.85. The standard InChI is InChI=1S/C11H15ClN2/c1-8(2)5-6-14-11-7-9(12)3-4-10(11)13/h3-5,7,14H,6,13H2,1-2H3. The highest BCUT2D eigenvalue weighted by Gasteiger charge is 1.97. The summed E-state index contributed by atoms with van der Waals surface area (Å²) in [5.41, 5.74) is 8.64. The molecular formula is C11H15ClN2. The van der Waals surface area contributed by atoms with E-state index in [4.69, 9.17) is 17.3 Å². The van der Waals surface area contributed by atoms with Crippen LogP contribution in [0.1, 0.15) is 13.8 Å². The van der Waals surface area contributed by atoms with Crippen LogP contribution in [-0.2, 0) is 0 Å². The van der Waals surface area contributed by atoms with E-state index in [0.29, 0.717) is 5.02 Å². The lowest BCUT2D eigenvalue weighted by molar-refractivity contribution is 1.26. The normalized spacial score (nSPS) is 9.64. The summed E-state index contributed by atoms with van der Waals surface area (Å²) in [5.74, 6) is 0. The SMILES string of the molecule is CC(C)=CCNc1cc(Cl)ccc1N. The second-order valence-corrected chi connectivity index (χ2v) is 3.83. The number of hydrogen-bond donors (Lipinski definition) is 2. The smallest absolute Gasteiger partial charge is 0.0591 e. The van der Waals surface area contributed by atoms with Crippen LogP contribution in [0.3, 0.4) is 0 Å². The Bertz CT molecular complexity index is 341. The quantitative estimate of drug-likeness (QED) is 0.594. The minimum Gasteiger partial charge on any atom is -0.397 e. The van der Waals surface area contributed by atoms with E-state index in [2.05, 4.69) is 25.2 Å². The fourth-order valence-corrected chi connectivity index (χ4v) is 1.22. The molecule has 0 amide bonds. The van der Waals surface area contributed by atoms with Crippen molar-refractivity contribution in [3.8, 4) is 0 Å². The molecule has 0 fully saturated rings. The molecule has 0 aliphatic heterocycles. The fourth-order valence-electron chi connectivity index (χ4n) is 1.05. The molecule has 1 rings (SSSR count). The zero-order valence-corrected chi connectivity index (χ0v) is 9.23. The molecule has 0 unspecified atom stereocenters. The molecule has 76 valence electrons. The van der Waals surface area contributed by atoms with Gasteiger partial charge in [0.15, 0.2) is 0 Å². The number of benzene rings is 1. The maximum Gasteiger partial charge on any atom is 0.0591 e. The largest absolute Gasteiger partial charge is 0.397 e. The Balaban J connectivity index is 2.67. The van der Waals surface area contributed by atoms with Gasteiger partial charge < -0.3 is 11.1 Å². The van der Waals surface area contributed by atoms with Gasteiger partial charge in [0, 0.05) is 11.6 Å². The van der Waals surface area contributed by atoms with Crippen LogP contribution in [0.2, 0.25) is 5.02 Å². The van der Waals surface area contributed by atoms with E-state index in [0.717, 1.165) is 17.9 Å². The first kappa shape index (κ1) is 10.9. The number of nitrogens with two attached hydrogens (primary N) is 1. The minimum absolute atomic E-state index is 0.693. The number of halogens is 1. The first-order valence-electron chi connectivity index (χ1n) is 4.52. The summed E-state index contributed by atoms with van der Waals surface area (Å²) in [6, 6.07) is 5.41. The Kier molecular flexibility index (Phi) is 3.84. The van der Waals surface area contributed by atoms with Gasteiger partial charge in [0.2, 0.25) is 0 Å². The van der Waals surface area contributed by atoms with Crippen LogP contribution in [-0.4, -0.2) is 6.54 Å². The van der Waals surface area contributed by atoms with E-state index in [1.807, 2.05) is 6.07 Å². The van der Waals surface area contributed by atoms with Gasteiger partial charge in [-0.25, -0.2) is 0 Å². The fraction of sp³-hybridized carbons (Fsp3) is 0.273. The molecule has 0 heterocycles. The van der Waals surface area contributed by atoms with E-state index in [1.54, 1.807) is 12.1 Å². The predicted octanol–water partition coefficient (Wildman–Crippen LogP) is 3.30. The lowest BCUT2D eigenvalue weighted by Crippen LogP contribution is -2.02. The zero-order valence-electron chi connectivity index (χ0n) is 8.47. The molecule has 0 radical (unpaired) electrons. The number of nitrogen functional groups attached to an aromatic ring is 1. The van der Waals surface area contributed by atoms with E-state index in [9.17, 15) is 0 Å². The Morgan fingerprint density at radius 1 is 1.50 bits per heavy atom. The molecule has 0 saturated carbocycles. The molecular weight excluding hydrogens is 196 g/mol. The van der Waals surface area contributed by atoms with Gasteiger partial charge in [0.25, 0.3) is 0 Å². The average Bonchev–Trinajstić information content (AvgIpc) is 2.10. The third-order valence-electron chi connectivity index (χ3n) is 1.82. The number of rotatable bonds is 3. The van der Waals surface area contributed by atoms with E-state index in [1.165, 1.54) is 5.57 Å². The van der Waals surface area contributed by atoms with Crippen LogP contribution in [0.25, 0.3) is 0 Å². The molecule has 3 heteroatoms. The van der Waals surface area contributed by atoms with Gasteiger partial charge in [-0.1, -0.05) is 23.3 Å². The van der Waals surface area contributed by atoms with E-state index >= 15 is 0 Å². The molecule has 2 nitrogen and oxygen atoms in total. The van der Waals surface area contributed by atoms with Crippen LogP contribution in [0.4, 0.5) is 11.4 Å². The Labute approximate surface area is 89.8 Å². The van der Waals surface area contributed by atoms with Gasteiger partial charge in [-0.2, -0.15) is 0 Å². The molecule has 0 spiro atoms. The van der Waals surface area contributed by atoms with Crippen molar-refractivity contribution in [2.45, 2.75) is 13.8 Å². The highest BCUT2D eigenvalue weighted by Crippen LogP contribution is 2.22. The Morgan fingerprint density at radius 3 is 2.86 bits per heavy atom. The molecule has 0 aliphatic rings. The predicted molar refractivity (Wildman–Crippen MR) is 63.8 cm³/mol. The lowest BCUT2D eigenvalue weighted by Gasteiger charge is -2.07. The van der Waals surface area contributed by atoms with Crippen LogP contribution >= 0.6 is 11.6 Å². The van der Waals surface area contributed by atoms with Crippen LogP contribution < -0.4 is 11.1 Å². The first-order valence-corrected chi connectivity index (χ1v) is 4.89. The van der Waals surface area contributed by atoms with Crippen LogP contribution in [0, 0.1) is 0 Å². The molecule has 0 aromatic heterocycles. The van der Waals surface area contributed by atoms with Gasteiger partial charge >= 0.3 is 0 Å². The molecule has 0 bridgehead atoms. The monoisotopic (exact) mass is 210 g/mol. The summed E-state index contributed by atoms with van der Waals surface area (Å²) in [4.78, 5) is 0. The van der Waals surface area contributed by atoms with Gasteiger partial charge in [0.05, 0.1) is 11.4 Å². The lowest BCUT2D eigenvalue weighted by atomic mass is 10.2. The van der Waals surface area contributed by atoms with Gasteiger partial charge in [-0.3, -0.25) is 0 Å². The van der Waals surface area contributed by atoms with E-state index in [-0.39, 0.29) is 0 Å². The van der Waals surface area contributed by atoms with Crippen molar-refractivity contribution in [1.82, 2.24) is 0 Å². The summed E-state index contributed by atoms with van der Waals surface area (Å²) >= 11 is 5.85. The summed E-state index contributed by atoms with van der Waals surface area (Å²) in [5, 5.41) is 3.89. The second-order valence-electron chi connectivity index (χ2n) is 3.39. The third kappa shape index (κ3) is 3.30. The van der Waals surface area contributed by atoms with Crippen molar-refractivity contribution in [2.24, 2.45) is 0 Å². The summed E-state index contributed by atoms with van der Waals surface area (Å²) in [6.45, 7) is 4.89. The van der Waals surface area contributed by atoms with Gasteiger partial charge in [0.1, 0.15) is 0 Å². The molecule has 1 aromatic rings. The van der Waals surface area contributed by atoms with Crippen LogP contribution in [0.5, 0.6) is 0 Å². The average molecular weight is 211 g/mol. The molecule has 0 aliphatic carbocycles. The van der Waals surface area contributed by atoms with Crippen molar-refractivity contribution in [1.29, 1.82) is 0 Å². The highest BCUT2D eigenvalue weighted by molar-refractivity contribution is 6.31. The minimum atomic E-state index is 0.693. The maximum absolute atomic E-state index is 5.85. The number of anilines is 2. The molecule has 3 N–H and O–H groups in total. The molecule has 0 saturated heterocycles. The Hall–Kier alpha value is -1.15. The van der Waals surface area contributed by atoms with Crippen molar-refractivity contribution in [3.63, 3.8) is 0 Å². The zero-order chi connectivity index (χ0) is 10.6. The number of allylic oxidation sites excluding steroid dienone is 1. The summed E-state index contributed by atoms with van der Waals surface area (Å²) in [7, 11) is 0. The second kappa shape index (κ2) is 4.91. The van der Waals surface area contributed by atoms with Crippen molar-refractivity contribution < 1.29 is 0 Å². The first-order chi connectivity index (χ1) is 6.59. The molecule has 14 heavy (non-hydrogen) atoms. The summed E-state index contributed by atoms with van der Waals surface area (Å²) < 4.78 is 0. The number of nitrogens with one attached hydrogen (secondary N) is 1. The van der Waals surface area contributed by atoms with Gasteiger partial charge in [-0.05, 0) is 32.0 Å². The molecule has 0 atom stereocenters.